The molecule has 12 heavy (non-hydrogen) atoms. The zero-order chi connectivity index (χ0) is 9.61. The van der Waals surface area contributed by atoms with Gasteiger partial charge in [-0.1, -0.05) is 0 Å². The van der Waals surface area contributed by atoms with Crippen LogP contribution in [-0.4, -0.2) is 26.0 Å². The first-order valence-electron chi connectivity index (χ1n) is 3.58. The highest BCUT2D eigenvalue weighted by molar-refractivity contribution is 7.71. The number of hydrogen-bond donors (Lipinski definition) is 0. The van der Waals surface area contributed by atoms with E-state index in [1.54, 1.807) is 13.8 Å². The van der Waals surface area contributed by atoms with Crippen molar-refractivity contribution in [1.82, 2.24) is 0 Å². The van der Waals surface area contributed by atoms with Crippen LogP contribution in [0, 0.1) is 0 Å². The average Bonchev–Trinajstić information content (AvgIpc) is 2.05. The summed E-state index contributed by atoms with van der Waals surface area (Å²) in [6.07, 6.45) is 0. The van der Waals surface area contributed by atoms with Gasteiger partial charge in [-0.3, -0.25) is 0 Å². The Morgan fingerprint density at radius 2 is 1.92 bits per heavy atom. The fourth-order valence-electron chi connectivity index (χ4n) is 0.552. The lowest BCUT2D eigenvalue weighted by atomic mass is 10.9. The van der Waals surface area contributed by atoms with E-state index < -0.39 is 13.3 Å². The lowest BCUT2D eigenvalue weighted by Crippen LogP contribution is -2.07. The van der Waals surface area contributed by atoms with E-state index in [1.807, 2.05) is 0 Å². The Labute approximate surface area is 71.5 Å². The molecule has 0 fully saturated rings. The lowest BCUT2D eigenvalue weighted by molar-refractivity contribution is 0.158. The van der Waals surface area contributed by atoms with Gasteiger partial charge in [-0.2, -0.15) is 0 Å². The van der Waals surface area contributed by atoms with Crippen molar-refractivity contribution in [3.63, 3.8) is 0 Å². The monoisotopic (exact) mass is 196 g/mol. The highest BCUT2D eigenvalue weighted by Gasteiger charge is 2.34. The van der Waals surface area contributed by atoms with Crippen molar-refractivity contribution in [2.75, 3.05) is 20.3 Å². The summed E-state index contributed by atoms with van der Waals surface area (Å²) < 4.78 is 25.0. The molecule has 0 aromatic heterocycles. The molecule has 0 amide bonds. The minimum Gasteiger partial charge on any atom is -0.457 e. The summed E-state index contributed by atoms with van der Waals surface area (Å²) in [4.78, 5) is 11.0. The molecule has 0 saturated carbocycles. The topological polar surface area (TPSA) is 61.8 Å². The van der Waals surface area contributed by atoms with E-state index in [0.717, 1.165) is 7.11 Å². The molecule has 72 valence electrons. The third-order valence-corrected chi connectivity index (χ3v) is 2.69. The maximum Gasteiger partial charge on any atom is 0.438 e. The minimum atomic E-state index is -3.67. The van der Waals surface area contributed by atoms with E-state index >= 15 is 0 Å². The fourth-order valence-corrected chi connectivity index (χ4v) is 1.54. The molecule has 0 aromatic carbocycles. The molecule has 0 N–H and O–H groups in total. The summed E-state index contributed by atoms with van der Waals surface area (Å²) in [5, 5.41) is 0. The Hall–Kier alpha value is -0.380. The second-order valence-corrected chi connectivity index (χ2v) is 3.78. The smallest absolute Gasteiger partial charge is 0.438 e. The number of carbonyl (C=O) groups excluding carboxylic acids is 1. The molecule has 1 unspecified atom stereocenters. The van der Waals surface area contributed by atoms with Crippen molar-refractivity contribution in [3.8, 4) is 0 Å². The Morgan fingerprint density at radius 3 is 2.25 bits per heavy atom. The second kappa shape index (κ2) is 5.30. The Morgan fingerprint density at radius 1 is 1.33 bits per heavy atom. The van der Waals surface area contributed by atoms with Gasteiger partial charge in [0.2, 0.25) is 0 Å². The van der Waals surface area contributed by atoms with Crippen LogP contribution >= 0.6 is 7.60 Å². The molecule has 1 atom stereocenters. The first-order chi connectivity index (χ1) is 5.60. The van der Waals surface area contributed by atoms with E-state index in [0.29, 0.717) is 0 Å². The molecule has 0 spiro atoms. The van der Waals surface area contributed by atoms with Crippen LogP contribution < -0.4 is 0 Å². The van der Waals surface area contributed by atoms with Crippen LogP contribution in [-0.2, 0) is 18.3 Å². The van der Waals surface area contributed by atoms with Gasteiger partial charge in [0.1, 0.15) is 0 Å². The summed E-state index contributed by atoms with van der Waals surface area (Å²) in [6.45, 7) is 3.53. The van der Waals surface area contributed by atoms with Crippen LogP contribution in [0.3, 0.4) is 0 Å². The van der Waals surface area contributed by atoms with Crippen molar-refractivity contribution in [2.24, 2.45) is 0 Å². The predicted molar refractivity (Wildman–Crippen MR) is 43.3 cm³/mol. The molecule has 0 aliphatic carbocycles. The van der Waals surface area contributed by atoms with Gasteiger partial charge >= 0.3 is 13.3 Å². The molecule has 0 aliphatic rings. The van der Waals surface area contributed by atoms with E-state index in [1.165, 1.54) is 0 Å². The van der Waals surface area contributed by atoms with Gasteiger partial charge in [0.15, 0.2) is 0 Å². The standard InChI is InChI=1S/C6H13O5P/c1-4-10-6(7)12(8,9-3)11-5-2/h4-5H2,1-3H3. The quantitative estimate of drug-likeness (QED) is 0.629. The summed E-state index contributed by atoms with van der Waals surface area (Å²) >= 11 is 0. The number of hydrogen-bond acceptors (Lipinski definition) is 5. The Bertz CT molecular complexity index is 190. The van der Waals surface area contributed by atoms with Gasteiger partial charge in [0, 0.05) is 7.11 Å². The van der Waals surface area contributed by atoms with E-state index in [-0.39, 0.29) is 13.2 Å². The summed E-state index contributed by atoms with van der Waals surface area (Å²) in [7, 11) is -2.52. The van der Waals surface area contributed by atoms with Crippen LogP contribution in [0.4, 0.5) is 4.79 Å². The molecule has 0 heterocycles. The molecule has 0 radical (unpaired) electrons. The van der Waals surface area contributed by atoms with Crippen molar-refractivity contribution in [2.45, 2.75) is 13.8 Å². The average molecular weight is 196 g/mol. The van der Waals surface area contributed by atoms with E-state index in [4.69, 9.17) is 0 Å². The van der Waals surface area contributed by atoms with Crippen LogP contribution in [0.5, 0.6) is 0 Å². The van der Waals surface area contributed by atoms with Gasteiger partial charge in [0.05, 0.1) is 13.2 Å². The first kappa shape index (κ1) is 11.6. The van der Waals surface area contributed by atoms with Gasteiger partial charge in [-0.15, -0.1) is 0 Å². The van der Waals surface area contributed by atoms with Crippen molar-refractivity contribution < 1.29 is 23.1 Å². The van der Waals surface area contributed by atoms with Crippen molar-refractivity contribution in [3.05, 3.63) is 0 Å². The summed E-state index contributed by atoms with van der Waals surface area (Å²) in [6, 6.07) is 0. The molecular formula is C6H13O5P. The largest absolute Gasteiger partial charge is 0.457 e. The Balaban J connectivity index is 4.30. The molecule has 5 nitrogen and oxygen atoms in total. The molecule has 0 saturated heterocycles. The van der Waals surface area contributed by atoms with Crippen molar-refractivity contribution in [1.29, 1.82) is 0 Å². The third kappa shape index (κ3) is 2.93. The summed E-state index contributed by atoms with van der Waals surface area (Å²) in [5.41, 5.74) is -0.936. The zero-order valence-corrected chi connectivity index (χ0v) is 8.30. The molecule has 0 aliphatic heterocycles. The number of carbonyl (C=O) groups is 1. The highest BCUT2D eigenvalue weighted by Crippen LogP contribution is 2.48. The molecule has 0 rings (SSSR count). The van der Waals surface area contributed by atoms with Crippen LogP contribution in [0.1, 0.15) is 13.8 Å². The first-order valence-corrected chi connectivity index (χ1v) is 5.12. The highest BCUT2D eigenvalue weighted by atomic mass is 31.2. The molecular weight excluding hydrogens is 183 g/mol. The fraction of sp³-hybridized carbons (Fsp3) is 0.833. The van der Waals surface area contributed by atoms with Crippen molar-refractivity contribution >= 4 is 13.3 Å². The maximum atomic E-state index is 11.4. The molecule has 6 heteroatoms. The number of rotatable bonds is 5. The SMILES string of the molecule is CCOC(=O)P(=O)(OC)OCC. The molecule has 0 bridgehead atoms. The Kier molecular flexibility index (Phi) is 5.13. The van der Waals surface area contributed by atoms with E-state index in [2.05, 4.69) is 13.8 Å². The van der Waals surface area contributed by atoms with Gasteiger partial charge in [-0.25, -0.2) is 9.36 Å². The minimum absolute atomic E-state index is 0.143. The van der Waals surface area contributed by atoms with Gasteiger partial charge < -0.3 is 13.8 Å². The molecule has 0 aromatic rings. The zero-order valence-electron chi connectivity index (χ0n) is 7.40. The van der Waals surface area contributed by atoms with Gasteiger partial charge in [-0.05, 0) is 13.8 Å². The predicted octanol–water partition coefficient (Wildman–Crippen LogP) is 2.02. The normalized spacial score (nSPS) is 15.2. The van der Waals surface area contributed by atoms with Crippen LogP contribution in [0.15, 0.2) is 0 Å². The maximum absolute atomic E-state index is 11.4. The second-order valence-electron chi connectivity index (χ2n) is 1.80. The van der Waals surface area contributed by atoms with E-state index in [9.17, 15) is 9.36 Å². The van der Waals surface area contributed by atoms with Gasteiger partial charge in [0.25, 0.3) is 0 Å². The lowest BCUT2D eigenvalue weighted by Gasteiger charge is -2.12. The van der Waals surface area contributed by atoms with Crippen LogP contribution in [0.25, 0.3) is 0 Å². The number of ether oxygens (including phenoxy) is 1. The summed E-state index contributed by atoms with van der Waals surface area (Å²) in [5.74, 6) is 0. The van der Waals surface area contributed by atoms with Crippen LogP contribution in [0.2, 0.25) is 0 Å². The third-order valence-electron chi connectivity index (χ3n) is 1.03.